The van der Waals surface area contributed by atoms with E-state index in [0.29, 0.717) is 0 Å². The molecule has 2 fully saturated rings. The number of hydrogen-bond donors (Lipinski definition) is 1. The van der Waals surface area contributed by atoms with E-state index in [1.165, 1.54) is 43.6 Å². The Morgan fingerprint density at radius 3 is 2.48 bits per heavy atom. The number of nitrogens with zero attached hydrogens (tertiary/aromatic N) is 1. The van der Waals surface area contributed by atoms with Gasteiger partial charge in [0.05, 0.1) is 10.7 Å². The van der Waals surface area contributed by atoms with Crippen molar-refractivity contribution in [2.45, 2.75) is 52.1 Å². The summed E-state index contributed by atoms with van der Waals surface area (Å²) in [6, 6.07) is 6.32. The number of fused-ring (bicyclic) bond motifs is 1. The van der Waals surface area contributed by atoms with Crippen LogP contribution in [-0.2, 0) is 6.54 Å². The Morgan fingerprint density at radius 1 is 1.19 bits per heavy atom. The molecular formula is C18H27ClN2. The van der Waals surface area contributed by atoms with E-state index < -0.39 is 0 Å². The van der Waals surface area contributed by atoms with Gasteiger partial charge in [0.25, 0.3) is 0 Å². The fourth-order valence-corrected chi connectivity index (χ4v) is 4.15. The lowest BCUT2D eigenvalue weighted by atomic mass is 10.0. The molecule has 3 rings (SSSR count). The van der Waals surface area contributed by atoms with Gasteiger partial charge in [-0.05, 0) is 57.1 Å². The predicted molar refractivity (Wildman–Crippen MR) is 91.1 cm³/mol. The fraction of sp³-hybridized carbons (Fsp3) is 0.667. The van der Waals surface area contributed by atoms with E-state index in [1.54, 1.807) is 0 Å². The molecule has 2 atom stereocenters. The first-order valence-corrected chi connectivity index (χ1v) is 8.59. The van der Waals surface area contributed by atoms with E-state index in [0.717, 1.165) is 23.4 Å². The zero-order valence-electron chi connectivity index (χ0n) is 13.5. The van der Waals surface area contributed by atoms with E-state index in [-0.39, 0.29) is 5.54 Å². The van der Waals surface area contributed by atoms with Crippen LogP contribution < -0.4 is 10.2 Å². The van der Waals surface area contributed by atoms with Crippen LogP contribution in [0.15, 0.2) is 18.2 Å². The Bertz CT molecular complexity index is 494. The number of benzene rings is 1. The molecule has 3 heteroatoms. The normalized spacial score (nSPS) is 25.4. The average molecular weight is 307 g/mol. The molecule has 0 spiro atoms. The van der Waals surface area contributed by atoms with Crippen LogP contribution in [0.2, 0.25) is 5.02 Å². The Labute approximate surface area is 133 Å². The highest BCUT2D eigenvalue weighted by Crippen LogP contribution is 2.42. The van der Waals surface area contributed by atoms with E-state index in [9.17, 15) is 0 Å². The summed E-state index contributed by atoms with van der Waals surface area (Å²) in [5.74, 6) is 1.79. The second kappa shape index (κ2) is 5.81. The molecule has 1 aliphatic heterocycles. The van der Waals surface area contributed by atoms with E-state index >= 15 is 0 Å². The van der Waals surface area contributed by atoms with Gasteiger partial charge in [-0.25, -0.2) is 0 Å². The lowest BCUT2D eigenvalue weighted by molar-refractivity contribution is 0.424. The molecule has 1 saturated carbocycles. The van der Waals surface area contributed by atoms with Crippen molar-refractivity contribution in [3.8, 4) is 0 Å². The minimum atomic E-state index is 0.126. The van der Waals surface area contributed by atoms with Crippen LogP contribution >= 0.6 is 11.6 Å². The summed E-state index contributed by atoms with van der Waals surface area (Å²) in [6.45, 7) is 9.88. The number of halogens is 1. The minimum Gasteiger partial charge on any atom is -0.369 e. The topological polar surface area (TPSA) is 15.3 Å². The molecule has 0 aromatic heterocycles. The summed E-state index contributed by atoms with van der Waals surface area (Å²) in [6.07, 6.45) is 4.23. The summed E-state index contributed by atoms with van der Waals surface area (Å²) >= 11 is 6.55. The molecule has 1 N–H and O–H groups in total. The van der Waals surface area contributed by atoms with Crippen molar-refractivity contribution in [3.05, 3.63) is 28.8 Å². The first-order valence-electron chi connectivity index (χ1n) is 8.21. The van der Waals surface area contributed by atoms with Crippen molar-refractivity contribution < 1.29 is 0 Å². The highest BCUT2D eigenvalue weighted by molar-refractivity contribution is 6.33. The van der Waals surface area contributed by atoms with Gasteiger partial charge in [0.2, 0.25) is 0 Å². The first kappa shape index (κ1) is 15.2. The van der Waals surface area contributed by atoms with E-state index in [1.807, 2.05) is 6.07 Å². The van der Waals surface area contributed by atoms with Gasteiger partial charge in [0.1, 0.15) is 0 Å². The lowest BCUT2D eigenvalue weighted by Gasteiger charge is -2.27. The predicted octanol–water partition coefficient (Wildman–Crippen LogP) is 4.46. The zero-order valence-corrected chi connectivity index (χ0v) is 14.2. The number of para-hydroxylation sites is 1. The molecule has 2 aliphatic rings. The summed E-state index contributed by atoms with van der Waals surface area (Å²) in [5.41, 5.74) is 2.73. The standard InChI is InChI=1S/C18H27ClN2/c1-18(2,3)20-10-13-6-5-9-16(19)17(13)21-11-14-7-4-8-15(14)12-21/h5-6,9,14-15,20H,4,7-8,10-12H2,1-3H3. The molecule has 1 heterocycles. The summed E-state index contributed by atoms with van der Waals surface area (Å²) in [4.78, 5) is 2.54. The van der Waals surface area contributed by atoms with Gasteiger partial charge in [0, 0.05) is 25.2 Å². The zero-order chi connectivity index (χ0) is 15.0. The fourth-order valence-electron chi connectivity index (χ4n) is 3.83. The molecule has 0 radical (unpaired) electrons. The third-order valence-electron chi connectivity index (χ3n) is 4.92. The van der Waals surface area contributed by atoms with E-state index in [4.69, 9.17) is 11.6 Å². The summed E-state index contributed by atoms with van der Waals surface area (Å²) < 4.78 is 0. The molecule has 21 heavy (non-hydrogen) atoms. The molecule has 116 valence electrons. The van der Waals surface area contributed by atoms with Crippen molar-refractivity contribution in [2.24, 2.45) is 11.8 Å². The Kier molecular flexibility index (Phi) is 4.20. The van der Waals surface area contributed by atoms with Gasteiger partial charge < -0.3 is 10.2 Å². The second-order valence-electron chi connectivity index (χ2n) is 7.71. The van der Waals surface area contributed by atoms with Gasteiger partial charge in [-0.2, -0.15) is 0 Å². The molecule has 1 saturated heterocycles. The first-order chi connectivity index (χ1) is 9.94. The third-order valence-corrected chi connectivity index (χ3v) is 5.23. The lowest BCUT2D eigenvalue weighted by Crippen LogP contribution is -2.35. The van der Waals surface area contributed by atoms with Crippen molar-refractivity contribution in [3.63, 3.8) is 0 Å². The van der Waals surface area contributed by atoms with Crippen LogP contribution in [-0.4, -0.2) is 18.6 Å². The monoisotopic (exact) mass is 306 g/mol. The minimum absolute atomic E-state index is 0.126. The molecule has 2 nitrogen and oxygen atoms in total. The average Bonchev–Trinajstić information content (AvgIpc) is 2.96. The molecule has 0 amide bonds. The number of hydrogen-bond acceptors (Lipinski definition) is 2. The quantitative estimate of drug-likeness (QED) is 0.886. The number of rotatable bonds is 3. The molecule has 1 aliphatic carbocycles. The van der Waals surface area contributed by atoms with Gasteiger partial charge in [0.15, 0.2) is 0 Å². The van der Waals surface area contributed by atoms with Crippen LogP contribution in [0.1, 0.15) is 45.6 Å². The van der Waals surface area contributed by atoms with Crippen molar-refractivity contribution >= 4 is 17.3 Å². The van der Waals surface area contributed by atoms with Crippen LogP contribution in [0.4, 0.5) is 5.69 Å². The maximum absolute atomic E-state index is 6.55. The maximum Gasteiger partial charge on any atom is 0.0642 e. The van der Waals surface area contributed by atoms with Crippen molar-refractivity contribution in [1.82, 2.24) is 5.32 Å². The van der Waals surface area contributed by atoms with Crippen LogP contribution in [0, 0.1) is 11.8 Å². The number of anilines is 1. The maximum atomic E-state index is 6.55. The van der Waals surface area contributed by atoms with Crippen LogP contribution in [0.25, 0.3) is 0 Å². The highest BCUT2D eigenvalue weighted by Gasteiger charge is 2.37. The SMILES string of the molecule is CC(C)(C)NCc1cccc(Cl)c1N1CC2CCCC2C1. The van der Waals surface area contributed by atoms with Gasteiger partial charge in [-0.15, -0.1) is 0 Å². The summed E-state index contributed by atoms with van der Waals surface area (Å²) in [7, 11) is 0. The molecule has 0 bridgehead atoms. The van der Waals surface area contributed by atoms with Crippen molar-refractivity contribution in [2.75, 3.05) is 18.0 Å². The second-order valence-corrected chi connectivity index (χ2v) is 8.11. The third kappa shape index (κ3) is 3.37. The summed E-state index contributed by atoms with van der Waals surface area (Å²) in [5, 5.41) is 4.50. The van der Waals surface area contributed by atoms with E-state index in [2.05, 4.69) is 43.1 Å². The molecular weight excluding hydrogens is 280 g/mol. The van der Waals surface area contributed by atoms with Crippen LogP contribution in [0.5, 0.6) is 0 Å². The van der Waals surface area contributed by atoms with Gasteiger partial charge in [-0.3, -0.25) is 0 Å². The van der Waals surface area contributed by atoms with Gasteiger partial charge >= 0.3 is 0 Å². The largest absolute Gasteiger partial charge is 0.369 e. The Hall–Kier alpha value is -0.730. The molecule has 2 unspecified atom stereocenters. The van der Waals surface area contributed by atoms with Crippen LogP contribution in [0.3, 0.4) is 0 Å². The Morgan fingerprint density at radius 2 is 1.86 bits per heavy atom. The Balaban J connectivity index is 1.80. The molecule has 1 aromatic rings. The number of nitrogens with one attached hydrogen (secondary N) is 1. The smallest absolute Gasteiger partial charge is 0.0642 e. The molecule has 1 aromatic carbocycles. The van der Waals surface area contributed by atoms with Gasteiger partial charge in [-0.1, -0.05) is 30.2 Å². The highest BCUT2D eigenvalue weighted by atomic mass is 35.5. The van der Waals surface area contributed by atoms with Crippen molar-refractivity contribution in [1.29, 1.82) is 0 Å².